The predicted molar refractivity (Wildman–Crippen MR) is 45.8 cm³/mol. The molecule has 1 rings (SSSR count). The van der Waals surface area contributed by atoms with Gasteiger partial charge in [0, 0.05) is 0 Å². The number of rotatable bonds is 2. The Bertz CT molecular complexity index is 167. The van der Waals surface area contributed by atoms with Gasteiger partial charge in [-0.15, -0.1) is 0 Å². The van der Waals surface area contributed by atoms with Gasteiger partial charge in [0.2, 0.25) is 0 Å². The van der Waals surface area contributed by atoms with E-state index in [1.165, 1.54) is 0 Å². The molecular formula is C9H18O3. The third-order valence-corrected chi connectivity index (χ3v) is 2.69. The van der Waals surface area contributed by atoms with Crippen LogP contribution in [0.25, 0.3) is 0 Å². The second-order valence-electron chi connectivity index (χ2n) is 3.81. The Hall–Kier alpha value is -0.120. The summed E-state index contributed by atoms with van der Waals surface area (Å²) in [5, 5.41) is 9.95. The average Bonchev–Trinajstić information content (AvgIpc) is 2.33. The van der Waals surface area contributed by atoms with Crippen LogP contribution in [0.5, 0.6) is 0 Å². The second kappa shape index (κ2) is 2.98. The summed E-state index contributed by atoms with van der Waals surface area (Å²) in [5.74, 6) is -0.832. The molecule has 12 heavy (non-hydrogen) atoms. The number of hydrogen-bond donors (Lipinski definition) is 1. The smallest absolute Gasteiger partial charge is 0.194 e. The maximum absolute atomic E-state index is 9.95. The molecule has 0 aliphatic carbocycles. The monoisotopic (exact) mass is 174 g/mol. The second-order valence-corrected chi connectivity index (χ2v) is 3.81. The van der Waals surface area contributed by atoms with E-state index < -0.39 is 11.4 Å². The molecule has 0 amide bonds. The van der Waals surface area contributed by atoms with Crippen molar-refractivity contribution >= 4 is 0 Å². The summed E-state index contributed by atoms with van der Waals surface area (Å²) in [6, 6.07) is 0. The molecule has 1 N–H and O–H groups in total. The molecule has 72 valence electrons. The molecule has 1 aliphatic rings. The molecule has 0 aromatic heterocycles. The summed E-state index contributed by atoms with van der Waals surface area (Å²) < 4.78 is 11.0. The van der Waals surface area contributed by atoms with Gasteiger partial charge in [0.25, 0.3) is 0 Å². The van der Waals surface area contributed by atoms with Crippen LogP contribution in [0.3, 0.4) is 0 Å². The Morgan fingerprint density at radius 3 is 2.58 bits per heavy atom. The fourth-order valence-electron chi connectivity index (χ4n) is 1.33. The maximum Gasteiger partial charge on any atom is 0.194 e. The van der Waals surface area contributed by atoms with E-state index in [-0.39, 0.29) is 6.10 Å². The Kier molecular flexibility index (Phi) is 2.47. The van der Waals surface area contributed by atoms with E-state index in [9.17, 15) is 5.11 Å². The van der Waals surface area contributed by atoms with Crippen molar-refractivity contribution in [2.24, 2.45) is 0 Å². The molecule has 1 aliphatic heterocycles. The number of ether oxygens (including phenoxy) is 2. The van der Waals surface area contributed by atoms with Crippen molar-refractivity contribution in [2.75, 3.05) is 6.61 Å². The van der Waals surface area contributed by atoms with E-state index in [4.69, 9.17) is 9.47 Å². The van der Waals surface area contributed by atoms with Crippen LogP contribution in [0, 0.1) is 0 Å². The summed E-state index contributed by atoms with van der Waals surface area (Å²) in [5.41, 5.74) is -0.905. The normalized spacial score (nSPS) is 41.2. The molecule has 0 aromatic rings. The van der Waals surface area contributed by atoms with Crippen molar-refractivity contribution in [1.82, 2.24) is 0 Å². The van der Waals surface area contributed by atoms with Crippen molar-refractivity contribution in [3.8, 4) is 0 Å². The van der Waals surface area contributed by atoms with Crippen molar-refractivity contribution in [3.63, 3.8) is 0 Å². The van der Waals surface area contributed by atoms with Crippen LogP contribution in [-0.2, 0) is 9.47 Å². The van der Waals surface area contributed by atoms with Gasteiger partial charge in [0.1, 0.15) is 5.60 Å². The van der Waals surface area contributed by atoms with Gasteiger partial charge in [-0.2, -0.15) is 0 Å². The Morgan fingerprint density at radius 1 is 1.67 bits per heavy atom. The highest BCUT2D eigenvalue weighted by Crippen LogP contribution is 2.35. The highest BCUT2D eigenvalue weighted by Gasteiger charge is 2.49. The maximum atomic E-state index is 9.95. The van der Waals surface area contributed by atoms with E-state index in [1.54, 1.807) is 13.8 Å². The summed E-state index contributed by atoms with van der Waals surface area (Å²) in [6.45, 7) is 7.95. The predicted octanol–water partition coefficient (Wildman–Crippen LogP) is 1.30. The molecule has 1 fully saturated rings. The third kappa shape index (κ3) is 1.49. The first kappa shape index (κ1) is 9.96. The van der Waals surface area contributed by atoms with E-state index in [1.807, 2.05) is 13.8 Å². The van der Waals surface area contributed by atoms with Gasteiger partial charge < -0.3 is 14.6 Å². The largest absolute Gasteiger partial charge is 0.385 e. The average molecular weight is 174 g/mol. The lowest BCUT2D eigenvalue weighted by atomic mass is 9.94. The Balaban J connectivity index is 2.72. The molecule has 0 aromatic carbocycles. The lowest BCUT2D eigenvalue weighted by molar-refractivity contribution is -0.258. The molecule has 0 bridgehead atoms. The van der Waals surface area contributed by atoms with Crippen molar-refractivity contribution in [3.05, 3.63) is 0 Å². The molecule has 1 heterocycles. The summed E-state index contributed by atoms with van der Waals surface area (Å²) in [7, 11) is 0. The minimum Gasteiger partial charge on any atom is -0.385 e. The molecule has 3 heteroatoms. The van der Waals surface area contributed by atoms with Crippen LogP contribution in [0.1, 0.15) is 34.1 Å². The van der Waals surface area contributed by atoms with E-state index in [2.05, 4.69) is 0 Å². The number of hydrogen-bond acceptors (Lipinski definition) is 3. The zero-order chi connectivity index (χ0) is 9.41. The highest BCUT2D eigenvalue weighted by molar-refractivity contribution is 4.90. The molecule has 0 saturated carbocycles. The number of aliphatic hydroxyl groups is 1. The van der Waals surface area contributed by atoms with Gasteiger partial charge in [0.05, 0.1) is 12.7 Å². The van der Waals surface area contributed by atoms with Gasteiger partial charge in [-0.1, -0.05) is 6.92 Å². The zero-order valence-corrected chi connectivity index (χ0v) is 8.26. The first-order valence-electron chi connectivity index (χ1n) is 4.45. The minimum atomic E-state index is -0.905. The van der Waals surface area contributed by atoms with Gasteiger partial charge in [0.15, 0.2) is 5.79 Å². The molecule has 0 radical (unpaired) electrons. The van der Waals surface area contributed by atoms with E-state index in [0.29, 0.717) is 13.0 Å². The molecule has 3 atom stereocenters. The quantitative estimate of drug-likeness (QED) is 0.685. The topological polar surface area (TPSA) is 38.7 Å². The van der Waals surface area contributed by atoms with Gasteiger partial charge >= 0.3 is 0 Å². The SMILES string of the molecule is CC[C@](C)(O)[C@]1(C)OC[C@H](C)O1. The van der Waals surface area contributed by atoms with Crippen LogP contribution in [0.4, 0.5) is 0 Å². The Labute approximate surface area is 73.7 Å². The first-order valence-corrected chi connectivity index (χ1v) is 4.45. The fraction of sp³-hybridized carbons (Fsp3) is 1.00. The zero-order valence-electron chi connectivity index (χ0n) is 8.26. The third-order valence-electron chi connectivity index (χ3n) is 2.69. The van der Waals surface area contributed by atoms with Crippen LogP contribution in [0.2, 0.25) is 0 Å². The first-order chi connectivity index (χ1) is 5.41. The van der Waals surface area contributed by atoms with Gasteiger partial charge in [-0.25, -0.2) is 0 Å². The summed E-state index contributed by atoms with van der Waals surface area (Å²) >= 11 is 0. The van der Waals surface area contributed by atoms with Crippen LogP contribution in [-0.4, -0.2) is 29.2 Å². The Morgan fingerprint density at radius 2 is 2.25 bits per heavy atom. The molecule has 0 unspecified atom stereocenters. The molecule has 1 saturated heterocycles. The summed E-state index contributed by atoms with van der Waals surface area (Å²) in [4.78, 5) is 0. The summed E-state index contributed by atoms with van der Waals surface area (Å²) in [6.07, 6.45) is 0.698. The highest BCUT2D eigenvalue weighted by atomic mass is 16.8. The van der Waals surface area contributed by atoms with Crippen molar-refractivity contribution in [1.29, 1.82) is 0 Å². The lowest BCUT2D eigenvalue weighted by Crippen LogP contribution is -2.50. The van der Waals surface area contributed by atoms with E-state index in [0.717, 1.165) is 0 Å². The standard InChI is InChI=1S/C9H18O3/c1-5-8(3,10)9(4)11-6-7(2)12-9/h7,10H,5-6H2,1-4H3/t7-,8-,9+/m0/s1. The van der Waals surface area contributed by atoms with Gasteiger partial charge in [-0.3, -0.25) is 0 Å². The van der Waals surface area contributed by atoms with Crippen LogP contribution >= 0.6 is 0 Å². The van der Waals surface area contributed by atoms with Gasteiger partial charge in [-0.05, 0) is 27.2 Å². The van der Waals surface area contributed by atoms with Crippen LogP contribution < -0.4 is 0 Å². The van der Waals surface area contributed by atoms with E-state index >= 15 is 0 Å². The lowest BCUT2D eigenvalue weighted by Gasteiger charge is -2.37. The van der Waals surface area contributed by atoms with Crippen LogP contribution in [0.15, 0.2) is 0 Å². The molecule has 0 spiro atoms. The molecular weight excluding hydrogens is 156 g/mol. The van der Waals surface area contributed by atoms with Crippen molar-refractivity contribution in [2.45, 2.75) is 51.6 Å². The molecule has 3 nitrogen and oxygen atoms in total. The minimum absolute atomic E-state index is 0.0769. The fourth-order valence-corrected chi connectivity index (χ4v) is 1.33. The van der Waals surface area contributed by atoms with Crippen molar-refractivity contribution < 1.29 is 14.6 Å².